The predicted molar refractivity (Wildman–Crippen MR) is 41.9 cm³/mol. The van der Waals surface area contributed by atoms with Crippen molar-refractivity contribution in [1.82, 2.24) is 4.90 Å². The van der Waals surface area contributed by atoms with Crippen molar-refractivity contribution < 1.29 is 5.11 Å². The van der Waals surface area contributed by atoms with Crippen molar-refractivity contribution in [2.24, 2.45) is 0 Å². The molecule has 1 N–H and O–H groups in total. The molecular formula is C8H15NO. The van der Waals surface area contributed by atoms with Gasteiger partial charge in [-0.05, 0) is 6.42 Å². The fraction of sp³-hybridized carbons (Fsp3) is 0.750. The number of hydrogen-bond donors (Lipinski definition) is 1. The van der Waals surface area contributed by atoms with Crippen LogP contribution in [0.3, 0.4) is 0 Å². The Kier molecular flexibility index (Phi) is 2.46. The Hall–Kier alpha value is -0.340. The lowest BCUT2D eigenvalue weighted by Gasteiger charge is -2.05. The van der Waals surface area contributed by atoms with Gasteiger partial charge in [0.05, 0.1) is 6.10 Å². The Morgan fingerprint density at radius 1 is 1.90 bits per heavy atom. The number of rotatable bonds is 4. The lowest BCUT2D eigenvalue weighted by Crippen LogP contribution is -2.17. The molecule has 10 heavy (non-hydrogen) atoms. The highest BCUT2D eigenvalue weighted by Gasteiger charge is 2.32. The lowest BCUT2D eigenvalue weighted by molar-refractivity contribution is 0.195. The van der Waals surface area contributed by atoms with E-state index in [4.69, 9.17) is 5.11 Å². The molecule has 1 saturated heterocycles. The molecule has 58 valence electrons. The first kappa shape index (κ1) is 7.76. The van der Waals surface area contributed by atoms with E-state index < -0.39 is 0 Å². The van der Waals surface area contributed by atoms with Gasteiger partial charge in [0.25, 0.3) is 0 Å². The number of aliphatic hydroxyl groups is 1. The highest BCUT2D eigenvalue weighted by Crippen LogP contribution is 2.20. The zero-order valence-electron chi connectivity index (χ0n) is 6.45. The maximum absolute atomic E-state index is 9.12. The van der Waals surface area contributed by atoms with Crippen LogP contribution in [-0.4, -0.2) is 35.2 Å². The third-order valence-corrected chi connectivity index (χ3v) is 1.99. The summed E-state index contributed by atoms with van der Waals surface area (Å²) >= 11 is 0. The molecule has 0 radical (unpaired) electrons. The van der Waals surface area contributed by atoms with Gasteiger partial charge in [-0.3, -0.25) is 4.90 Å². The summed E-state index contributed by atoms with van der Waals surface area (Å²) in [6.07, 6.45) is 2.45. The molecule has 1 rings (SSSR count). The zero-order valence-corrected chi connectivity index (χ0v) is 6.45. The van der Waals surface area contributed by atoms with Gasteiger partial charge in [-0.1, -0.05) is 13.0 Å². The monoisotopic (exact) mass is 141 g/mol. The van der Waals surface area contributed by atoms with Crippen molar-refractivity contribution >= 4 is 0 Å². The van der Waals surface area contributed by atoms with Crippen molar-refractivity contribution in [2.75, 3.05) is 13.1 Å². The lowest BCUT2D eigenvalue weighted by atomic mass is 10.3. The number of hydrogen-bond acceptors (Lipinski definition) is 2. The van der Waals surface area contributed by atoms with Gasteiger partial charge in [0.1, 0.15) is 0 Å². The average molecular weight is 141 g/mol. The van der Waals surface area contributed by atoms with Crippen LogP contribution in [0.15, 0.2) is 12.7 Å². The van der Waals surface area contributed by atoms with E-state index in [1.807, 2.05) is 0 Å². The minimum Gasteiger partial charge on any atom is -0.388 e. The minimum atomic E-state index is -0.337. The summed E-state index contributed by atoms with van der Waals surface area (Å²) in [5, 5.41) is 9.12. The molecule has 0 aromatic heterocycles. The molecular weight excluding hydrogens is 126 g/mol. The highest BCUT2D eigenvalue weighted by atomic mass is 16.3. The number of β-amino-alcohol motifs (C(OH)–C–C–N with tert-alkyl or cyclic N) is 1. The second-order valence-corrected chi connectivity index (χ2v) is 2.82. The topological polar surface area (TPSA) is 23.2 Å². The molecule has 1 aliphatic heterocycles. The molecule has 0 aromatic carbocycles. The maximum Gasteiger partial charge on any atom is 0.0845 e. The molecule has 0 bridgehead atoms. The smallest absolute Gasteiger partial charge is 0.0845 e. The summed E-state index contributed by atoms with van der Waals surface area (Å²) in [6, 6.07) is 0.731. The predicted octanol–water partition coefficient (Wildman–Crippen LogP) is 0.627. The van der Waals surface area contributed by atoms with Gasteiger partial charge in [0, 0.05) is 19.1 Å². The van der Waals surface area contributed by atoms with Crippen LogP contribution < -0.4 is 0 Å². The standard InChI is InChI=1S/C8H15NO/c1-3-7-5-9(7)6-8(10)4-2/h4,7-8,10H,2-3,5-6H2,1H3/t7-,8+,9?/m0/s1. The third-order valence-electron chi connectivity index (χ3n) is 1.99. The molecule has 0 aromatic rings. The van der Waals surface area contributed by atoms with E-state index in [0.29, 0.717) is 0 Å². The normalized spacial score (nSPS) is 33.4. The molecule has 1 heterocycles. The summed E-state index contributed by atoms with van der Waals surface area (Å²) in [5.41, 5.74) is 0. The Morgan fingerprint density at radius 2 is 2.60 bits per heavy atom. The first-order chi connectivity index (χ1) is 4.77. The fourth-order valence-electron chi connectivity index (χ4n) is 1.15. The van der Waals surface area contributed by atoms with E-state index in [0.717, 1.165) is 19.1 Å². The van der Waals surface area contributed by atoms with Crippen LogP contribution in [0.1, 0.15) is 13.3 Å². The zero-order chi connectivity index (χ0) is 7.56. The Labute approximate surface area is 62.2 Å². The molecule has 1 unspecified atom stereocenters. The molecule has 2 nitrogen and oxygen atoms in total. The van der Waals surface area contributed by atoms with Crippen molar-refractivity contribution in [3.63, 3.8) is 0 Å². The highest BCUT2D eigenvalue weighted by molar-refractivity contribution is 4.92. The van der Waals surface area contributed by atoms with E-state index >= 15 is 0 Å². The number of nitrogens with zero attached hydrogens (tertiary/aromatic N) is 1. The van der Waals surface area contributed by atoms with Crippen LogP contribution in [0.25, 0.3) is 0 Å². The van der Waals surface area contributed by atoms with E-state index in [1.54, 1.807) is 6.08 Å². The van der Waals surface area contributed by atoms with Crippen molar-refractivity contribution in [3.05, 3.63) is 12.7 Å². The van der Waals surface area contributed by atoms with E-state index in [9.17, 15) is 0 Å². The van der Waals surface area contributed by atoms with Crippen LogP contribution >= 0.6 is 0 Å². The third kappa shape index (κ3) is 1.82. The Bertz CT molecular complexity index is 124. The van der Waals surface area contributed by atoms with Crippen molar-refractivity contribution in [3.8, 4) is 0 Å². The first-order valence-electron chi connectivity index (χ1n) is 3.82. The van der Waals surface area contributed by atoms with Crippen LogP contribution in [0.2, 0.25) is 0 Å². The second-order valence-electron chi connectivity index (χ2n) is 2.82. The van der Waals surface area contributed by atoms with Gasteiger partial charge in [-0.15, -0.1) is 6.58 Å². The molecule has 0 aliphatic carbocycles. The van der Waals surface area contributed by atoms with Crippen LogP contribution in [0, 0.1) is 0 Å². The molecule has 2 heteroatoms. The van der Waals surface area contributed by atoms with Crippen molar-refractivity contribution in [1.29, 1.82) is 0 Å². The second kappa shape index (κ2) is 3.17. The summed E-state index contributed by atoms with van der Waals surface area (Å²) < 4.78 is 0. The van der Waals surface area contributed by atoms with Crippen LogP contribution in [0.5, 0.6) is 0 Å². The first-order valence-corrected chi connectivity index (χ1v) is 3.82. The quantitative estimate of drug-likeness (QED) is 0.458. The van der Waals surface area contributed by atoms with Crippen molar-refractivity contribution in [2.45, 2.75) is 25.5 Å². The average Bonchev–Trinajstić information content (AvgIpc) is 2.67. The minimum absolute atomic E-state index is 0.337. The summed E-state index contributed by atoms with van der Waals surface area (Å²) in [5.74, 6) is 0. The molecule has 1 aliphatic rings. The largest absolute Gasteiger partial charge is 0.388 e. The SMILES string of the molecule is C=C[C@@H](O)CN1C[C@@H]1CC. The molecule has 0 amide bonds. The van der Waals surface area contributed by atoms with Gasteiger partial charge >= 0.3 is 0 Å². The fourth-order valence-corrected chi connectivity index (χ4v) is 1.15. The van der Waals surface area contributed by atoms with Gasteiger partial charge in [-0.25, -0.2) is 0 Å². The van der Waals surface area contributed by atoms with Gasteiger partial charge in [0.15, 0.2) is 0 Å². The van der Waals surface area contributed by atoms with Crippen LogP contribution in [-0.2, 0) is 0 Å². The summed E-state index contributed by atoms with van der Waals surface area (Å²) in [6.45, 7) is 7.61. The molecule has 1 fully saturated rings. The summed E-state index contributed by atoms with van der Waals surface area (Å²) in [7, 11) is 0. The Balaban J connectivity index is 2.11. The molecule has 0 saturated carbocycles. The Morgan fingerprint density at radius 3 is 3.00 bits per heavy atom. The van der Waals surface area contributed by atoms with E-state index in [2.05, 4.69) is 18.4 Å². The summed E-state index contributed by atoms with van der Waals surface area (Å²) in [4.78, 5) is 2.26. The van der Waals surface area contributed by atoms with Gasteiger partial charge in [0.2, 0.25) is 0 Å². The van der Waals surface area contributed by atoms with Gasteiger partial charge in [-0.2, -0.15) is 0 Å². The molecule has 3 atom stereocenters. The molecule has 0 spiro atoms. The van der Waals surface area contributed by atoms with E-state index in [-0.39, 0.29) is 6.10 Å². The number of aliphatic hydroxyl groups excluding tert-OH is 1. The maximum atomic E-state index is 9.12. The van der Waals surface area contributed by atoms with E-state index in [1.165, 1.54) is 6.42 Å². The van der Waals surface area contributed by atoms with Gasteiger partial charge < -0.3 is 5.11 Å². The van der Waals surface area contributed by atoms with Crippen LogP contribution in [0.4, 0.5) is 0 Å².